The molecule has 2 aromatic carbocycles. The standard InChI is InChI=1S/C16H11ClN2/c17-14-9-18-15-12-7-3-1-5-10(12)11-6-2-4-8-13(11)16(15)19-14/h1-3,5-7,9H,4,8H2. The van der Waals surface area contributed by atoms with Crippen LogP contribution in [0.1, 0.15) is 17.5 Å². The summed E-state index contributed by atoms with van der Waals surface area (Å²) in [5, 5.41) is 2.85. The molecule has 19 heavy (non-hydrogen) atoms. The van der Waals surface area contributed by atoms with E-state index in [1.54, 1.807) is 6.20 Å². The number of aromatic nitrogens is 2. The Labute approximate surface area is 115 Å². The number of hydrogen-bond acceptors (Lipinski definition) is 2. The van der Waals surface area contributed by atoms with E-state index in [4.69, 9.17) is 11.6 Å². The summed E-state index contributed by atoms with van der Waals surface area (Å²) in [5.74, 6) is 0. The molecule has 0 aliphatic heterocycles. The van der Waals surface area contributed by atoms with E-state index in [0.717, 1.165) is 29.3 Å². The Morgan fingerprint density at radius 3 is 2.79 bits per heavy atom. The fraction of sp³-hybridized carbons (Fsp3) is 0.125. The highest BCUT2D eigenvalue weighted by atomic mass is 35.5. The first kappa shape index (κ1) is 10.9. The van der Waals surface area contributed by atoms with Crippen molar-refractivity contribution in [1.29, 1.82) is 0 Å². The van der Waals surface area contributed by atoms with Gasteiger partial charge in [0.2, 0.25) is 0 Å². The lowest BCUT2D eigenvalue weighted by atomic mass is 9.90. The van der Waals surface area contributed by atoms with Crippen molar-refractivity contribution in [3.63, 3.8) is 0 Å². The van der Waals surface area contributed by atoms with Gasteiger partial charge in [0.25, 0.3) is 0 Å². The molecule has 0 amide bonds. The second kappa shape index (κ2) is 4.04. The van der Waals surface area contributed by atoms with Crippen molar-refractivity contribution in [2.45, 2.75) is 12.8 Å². The van der Waals surface area contributed by atoms with Gasteiger partial charge in [-0.2, -0.15) is 0 Å². The first-order chi connectivity index (χ1) is 9.34. The molecule has 1 heterocycles. The number of nitrogens with zero attached hydrogens (tertiary/aromatic N) is 2. The number of benzene rings is 2. The zero-order valence-electron chi connectivity index (χ0n) is 10.2. The Bertz CT molecular complexity index is 837. The van der Waals surface area contributed by atoms with E-state index in [-0.39, 0.29) is 0 Å². The van der Waals surface area contributed by atoms with Crippen molar-refractivity contribution in [2.75, 3.05) is 0 Å². The first-order valence-electron chi connectivity index (χ1n) is 6.37. The summed E-state index contributed by atoms with van der Waals surface area (Å²) in [6.07, 6.45) is 8.10. The molecule has 2 nitrogen and oxygen atoms in total. The van der Waals surface area contributed by atoms with Crippen LogP contribution in [0.4, 0.5) is 0 Å². The lowest BCUT2D eigenvalue weighted by Gasteiger charge is -2.16. The van der Waals surface area contributed by atoms with Gasteiger partial charge in [-0.3, -0.25) is 4.98 Å². The summed E-state index contributed by atoms with van der Waals surface area (Å²) >= 11 is 6.02. The van der Waals surface area contributed by atoms with E-state index in [0.29, 0.717) is 5.15 Å². The van der Waals surface area contributed by atoms with E-state index in [1.807, 2.05) is 6.07 Å². The van der Waals surface area contributed by atoms with Crippen LogP contribution in [0.15, 0.2) is 36.5 Å². The van der Waals surface area contributed by atoms with Gasteiger partial charge in [-0.15, -0.1) is 0 Å². The van der Waals surface area contributed by atoms with E-state index in [1.165, 1.54) is 16.5 Å². The van der Waals surface area contributed by atoms with Gasteiger partial charge in [-0.05, 0) is 29.4 Å². The lowest BCUT2D eigenvalue weighted by molar-refractivity contribution is 0.993. The van der Waals surface area contributed by atoms with Crippen LogP contribution < -0.4 is 0 Å². The molecule has 1 aromatic heterocycles. The first-order valence-corrected chi connectivity index (χ1v) is 6.75. The number of aryl methyl sites for hydroxylation is 1. The smallest absolute Gasteiger partial charge is 0.148 e. The fourth-order valence-corrected chi connectivity index (χ4v) is 3.00. The molecule has 3 heteroatoms. The van der Waals surface area contributed by atoms with Crippen LogP contribution in [0.5, 0.6) is 0 Å². The molecule has 4 rings (SSSR count). The number of allylic oxidation sites excluding steroid dienone is 1. The topological polar surface area (TPSA) is 25.8 Å². The predicted octanol–water partition coefficient (Wildman–Crippen LogP) is 4.40. The summed E-state index contributed by atoms with van der Waals surface area (Å²) in [5.41, 5.74) is 4.44. The second-order valence-electron chi connectivity index (χ2n) is 4.77. The molecule has 1 aliphatic carbocycles. The summed E-state index contributed by atoms with van der Waals surface area (Å²) in [6, 6.07) is 8.36. The molecule has 0 spiro atoms. The molecular formula is C16H11ClN2. The van der Waals surface area contributed by atoms with Crippen molar-refractivity contribution in [2.24, 2.45) is 0 Å². The van der Waals surface area contributed by atoms with Crippen molar-refractivity contribution in [3.05, 3.63) is 52.8 Å². The molecule has 0 N–H and O–H groups in total. The van der Waals surface area contributed by atoms with Crippen LogP contribution in [0.3, 0.4) is 0 Å². The molecule has 1 aliphatic rings. The minimum absolute atomic E-state index is 0.458. The fourth-order valence-electron chi connectivity index (χ4n) is 2.86. The summed E-state index contributed by atoms with van der Waals surface area (Å²) in [6.45, 7) is 0. The third-order valence-electron chi connectivity index (χ3n) is 3.67. The molecule has 92 valence electrons. The molecule has 0 saturated carbocycles. The number of fused-ring (bicyclic) bond motifs is 6. The monoisotopic (exact) mass is 266 g/mol. The van der Waals surface area contributed by atoms with Gasteiger partial charge in [0, 0.05) is 5.39 Å². The number of rotatable bonds is 0. The normalized spacial score (nSPS) is 13.9. The van der Waals surface area contributed by atoms with Crippen LogP contribution >= 0.6 is 11.6 Å². The van der Waals surface area contributed by atoms with Crippen LogP contribution in [-0.2, 0) is 6.42 Å². The molecule has 0 atom stereocenters. The number of halogens is 1. The van der Waals surface area contributed by atoms with Crippen LogP contribution in [0.2, 0.25) is 5.15 Å². The summed E-state index contributed by atoms with van der Waals surface area (Å²) < 4.78 is 0. The van der Waals surface area contributed by atoms with Crippen molar-refractivity contribution in [1.82, 2.24) is 9.97 Å². The van der Waals surface area contributed by atoms with Gasteiger partial charge in [0.1, 0.15) is 5.15 Å². The van der Waals surface area contributed by atoms with Crippen LogP contribution in [-0.4, -0.2) is 9.97 Å². The van der Waals surface area contributed by atoms with Crippen molar-refractivity contribution < 1.29 is 0 Å². The average Bonchev–Trinajstić information content (AvgIpc) is 2.47. The molecule has 3 aromatic rings. The van der Waals surface area contributed by atoms with Crippen molar-refractivity contribution >= 4 is 39.5 Å². The van der Waals surface area contributed by atoms with Crippen LogP contribution in [0, 0.1) is 0 Å². The summed E-state index contributed by atoms with van der Waals surface area (Å²) in [7, 11) is 0. The maximum atomic E-state index is 6.02. The minimum Gasteiger partial charge on any atom is -0.251 e. The van der Waals surface area contributed by atoms with Gasteiger partial charge < -0.3 is 0 Å². The lowest BCUT2D eigenvalue weighted by Crippen LogP contribution is -2.00. The van der Waals surface area contributed by atoms with Gasteiger partial charge in [-0.1, -0.05) is 48.0 Å². The maximum Gasteiger partial charge on any atom is 0.148 e. The third-order valence-corrected chi connectivity index (χ3v) is 3.85. The Kier molecular flexibility index (Phi) is 2.32. The minimum atomic E-state index is 0.458. The van der Waals surface area contributed by atoms with E-state index >= 15 is 0 Å². The average molecular weight is 267 g/mol. The predicted molar refractivity (Wildman–Crippen MR) is 79.4 cm³/mol. The summed E-state index contributed by atoms with van der Waals surface area (Å²) in [4.78, 5) is 9.01. The Hall–Kier alpha value is -1.93. The molecule has 0 fully saturated rings. The van der Waals surface area contributed by atoms with E-state index in [9.17, 15) is 0 Å². The molecule has 0 unspecified atom stereocenters. The maximum absolute atomic E-state index is 6.02. The molecular weight excluding hydrogens is 256 g/mol. The van der Waals surface area contributed by atoms with E-state index < -0.39 is 0 Å². The largest absolute Gasteiger partial charge is 0.251 e. The number of hydrogen-bond donors (Lipinski definition) is 0. The highest BCUT2D eigenvalue weighted by Gasteiger charge is 2.16. The zero-order valence-corrected chi connectivity index (χ0v) is 11.0. The quantitative estimate of drug-likeness (QED) is 0.564. The Morgan fingerprint density at radius 2 is 1.89 bits per heavy atom. The Morgan fingerprint density at radius 1 is 1.05 bits per heavy atom. The highest BCUT2D eigenvalue weighted by Crippen LogP contribution is 2.34. The zero-order chi connectivity index (χ0) is 12.8. The second-order valence-corrected chi connectivity index (χ2v) is 5.16. The van der Waals surface area contributed by atoms with Crippen molar-refractivity contribution in [3.8, 4) is 0 Å². The van der Waals surface area contributed by atoms with Gasteiger partial charge in [0.05, 0.1) is 17.2 Å². The van der Waals surface area contributed by atoms with Gasteiger partial charge in [0.15, 0.2) is 0 Å². The Balaban J connectivity index is 2.31. The third kappa shape index (κ3) is 1.57. The SMILES string of the molecule is Clc1cnc2c(n1)c1c(c3ccccc32)C=CCC1. The highest BCUT2D eigenvalue weighted by molar-refractivity contribution is 6.29. The van der Waals surface area contributed by atoms with Crippen LogP contribution in [0.25, 0.3) is 27.9 Å². The van der Waals surface area contributed by atoms with Gasteiger partial charge in [-0.25, -0.2) is 4.98 Å². The molecule has 0 saturated heterocycles. The van der Waals surface area contributed by atoms with Gasteiger partial charge >= 0.3 is 0 Å². The molecule has 0 radical (unpaired) electrons. The molecule has 0 bridgehead atoms. The van der Waals surface area contributed by atoms with E-state index in [2.05, 4.69) is 40.3 Å².